The topological polar surface area (TPSA) is 123 Å². The summed E-state index contributed by atoms with van der Waals surface area (Å²) < 4.78 is 7.82. The van der Waals surface area contributed by atoms with E-state index in [1.165, 1.54) is 5.57 Å². The van der Waals surface area contributed by atoms with Crippen molar-refractivity contribution in [2.45, 2.75) is 13.0 Å². The van der Waals surface area contributed by atoms with Crippen LogP contribution in [-0.4, -0.2) is 82.0 Å². The van der Waals surface area contributed by atoms with Crippen molar-refractivity contribution < 1.29 is 4.74 Å². The zero-order valence-corrected chi connectivity index (χ0v) is 17.9. The van der Waals surface area contributed by atoms with Crippen molar-refractivity contribution in [3.8, 4) is 11.4 Å². The Balaban J connectivity index is 1.54. The third-order valence-electron chi connectivity index (χ3n) is 6.05. The Morgan fingerprint density at radius 2 is 1.72 bits per heavy atom. The maximum atomic E-state index is 5.70. The van der Waals surface area contributed by atoms with Crippen LogP contribution in [0.5, 0.6) is 0 Å². The van der Waals surface area contributed by atoms with E-state index in [1.807, 2.05) is 0 Å². The number of nitrogens with two attached hydrogens (primary N) is 1. The smallest absolute Gasteiger partial charge is 0.219 e. The average molecular weight is 435 g/mol. The van der Waals surface area contributed by atoms with Crippen LogP contribution in [0.4, 0.5) is 17.7 Å². The number of allylic oxidation sites excluding steroid dienone is 2. The number of piperazine rings is 1. The fourth-order valence-corrected chi connectivity index (χ4v) is 4.21. The van der Waals surface area contributed by atoms with Gasteiger partial charge in [-0.3, -0.25) is 4.57 Å². The molecule has 3 N–H and O–H groups in total. The van der Waals surface area contributed by atoms with Crippen LogP contribution < -0.4 is 20.9 Å². The third kappa shape index (κ3) is 3.63. The van der Waals surface area contributed by atoms with Crippen molar-refractivity contribution in [2.75, 3.05) is 68.0 Å². The van der Waals surface area contributed by atoms with Gasteiger partial charge in [-0.2, -0.15) is 0 Å². The first kappa shape index (κ1) is 19.4. The monoisotopic (exact) mass is 434 g/mol. The van der Waals surface area contributed by atoms with Gasteiger partial charge in [0.2, 0.25) is 11.9 Å². The standard InChI is InChI=1S/C21H26N10O/c22-20-24-11-15(12-25-20)17-27-18(29-7-9-32-10-8-29)16-19(28-17)31(13-14-1-2-14)21(26-16)30-5-3-23-4-6-30/h1,11-12,23H,2-10,13H2,(H2,22,24,25). The minimum absolute atomic E-state index is 0.231. The van der Waals surface area contributed by atoms with E-state index >= 15 is 0 Å². The van der Waals surface area contributed by atoms with E-state index in [1.54, 1.807) is 12.4 Å². The number of ether oxygens (including phenoxy) is 1. The zero-order chi connectivity index (χ0) is 21.5. The molecule has 0 amide bonds. The second-order valence-electron chi connectivity index (χ2n) is 8.27. The molecule has 0 saturated carbocycles. The van der Waals surface area contributed by atoms with Crippen molar-refractivity contribution >= 4 is 28.9 Å². The van der Waals surface area contributed by atoms with E-state index < -0.39 is 0 Å². The van der Waals surface area contributed by atoms with Crippen LogP contribution in [-0.2, 0) is 11.3 Å². The molecule has 0 bridgehead atoms. The Hall–Kier alpha value is -3.31. The first-order chi connectivity index (χ1) is 15.8. The molecular formula is C21H26N10O. The highest BCUT2D eigenvalue weighted by atomic mass is 16.5. The maximum Gasteiger partial charge on any atom is 0.219 e. The molecule has 166 valence electrons. The summed E-state index contributed by atoms with van der Waals surface area (Å²) in [4.78, 5) is 27.9. The zero-order valence-electron chi connectivity index (χ0n) is 17.9. The Bertz CT molecular complexity index is 1160. The number of hydrogen-bond acceptors (Lipinski definition) is 10. The molecule has 6 rings (SSSR count). The molecule has 32 heavy (non-hydrogen) atoms. The van der Waals surface area contributed by atoms with Gasteiger partial charge in [0.25, 0.3) is 0 Å². The van der Waals surface area contributed by atoms with Crippen molar-refractivity contribution in [1.82, 2.24) is 34.8 Å². The molecule has 0 unspecified atom stereocenters. The molecule has 1 aliphatic carbocycles. The number of rotatable bonds is 5. The predicted molar refractivity (Wildman–Crippen MR) is 122 cm³/mol. The number of imidazole rings is 1. The molecule has 3 aromatic heterocycles. The molecular weight excluding hydrogens is 408 g/mol. The second-order valence-corrected chi connectivity index (χ2v) is 8.27. The fraction of sp³-hybridized carbons (Fsp3) is 0.476. The number of nitrogen functional groups attached to an aromatic ring is 1. The second kappa shape index (κ2) is 7.99. The van der Waals surface area contributed by atoms with Crippen LogP contribution in [0.1, 0.15) is 6.42 Å². The number of nitrogens with one attached hydrogen (secondary N) is 1. The van der Waals surface area contributed by atoms with Gasteiger partial charge in [0.15, 0.2) is 22.8 Å². The van der Waals surface area contributed by atoms with E-state index in [2.05, 4.69) is 35.7 Å². The lowest BCUT2D eigenvalue weighted by molar-refractivity contribution is 0.122. The minimum Gasteiger partial charge on any atom is -0.378 e. The van der Waals surface area contributed by atoms with E-state index in [-0.39, 0.29) is 5.95 Å². The van der Waals surface area contributed by atoms with Crippen molar-refractivity contribution in [1.29, 1.82) is 0 Å². The van der Waals surface area contributed by atoms with Gasteiger partial charge in [-0.15, -0.1) is 0 Å². The van der Waals surface area contributed by atoms with Gasteiger partial charge < -0.3 is 25.6 Å². The van der Waals surface area contributed by atoms with Gasteiger partial charge in [0.05, 0.1) is 18.8 Å². The number of nitrogens with zero attached hydrogens (tertiary/aromatic N) is 8. The van der Waals surface area contributed by atoms with Crippen LogP contribution in [0, 0.1) is 0 Å². The van der Waals surface area contributed by atoms with Crippen molar-refractivity contribution in [3.63, 3.8) is 0 Å². The SMILES string of the molecule is Nc1ncc(-c2nc(N3CCOCC3)c3nc(N4CCNCC4)n(CC4=CC4)c3n2)cn1. The Kier molecular flexibility index (Phi) is 4.84. The summed E-state index contributed by atoms with van der Waals surface area (Å²) in [7, 11) is 0. The summed E-state index contributed by atoms with van der Waals surface area (Å²) in [5.74, 6) is 2.61. The highest BCUT2D eigenvalue weighted by molar-refractivity contribution is 5.88. The Labute approximate surface area is 185 Å². The number of morpholine rings is 1. The van der Waals surface area contributed by atoms with Gasteiger partial charge >= 0.3 is 0 Å². The molecule has 11 nitrogen and oxygen atoms in total. The van der Waals surface area contributed by atoms with Gasteiger partial charge in [-0.05, 0) is 6.42 Å². The summed E-state index contributed by atoms with van der Waals surface area (Å²) in [5.41, 5.74) is 9.52. The summed E-state index contributed by atoms with van der Waals surface area (Å²) >= 11 is 0. The first-order valence-electron chi connectivity index (χ1n) is 11.1. The van der Waals surface area contributed by atoms with Crippen LogP contribution >= 0.6 is 0 Å². The lowest BCUT2D eigenvalue weighted by atomic mass is 10.3. The van der Waals surface area contributed by atoms with Crippen molar-refractivity contribution in [2.24, 2.45) is 0 Å². The van der Waals surface area contributed by atoms with Crippen LogP contribution in [0.2, 0.25) is 0 Å². The Morgan fingerprint density at radius 3 is 2.44 bits per heavy atom. The molecule has 3 aromatic rings. The summed E-state index contributed by atoms with van der Waals surface area (Å²) in [5, 5.41) is 3.42. The van der Waals surface area contributed by atoms with Crippen LogP contribution in [0.3, 0.4) is 0 Å². The first-order valence-corrected chi connectivity index (χ1v) is 11.1. The molecule has 5 heterocycles. The van der Waals surface area contributed by atoms with E-state index in [0.717, 1.165) is 80.7 Å². The molecule has 3 aliphatic rings. The predicted octanol–water partition coefficient (Wildman–Crippen LogP) is 0.442. The van der Waals surface area contributed by atoms with Gasteiger partial charge in [-0.1, -0.05) is 11.6 Å². The molecule has 11 heteroatoms. The highest BCUT2D eigenvalue weighted by Gasteiger charge is 2.27. The highest BCUT2D eigenvalue weighted by Crippen LogP contribution is 2.33. The molecule has 2 saturated heterocycles. The number of hydrogen-bond donors (Lipinski definition) is 2. The van der Waals surface area contributed by atoms with Crippen molar-refractivity contribution in [3.05, 3.63) is 24.0 Å². The van der Waals surface area contributed by atoms with E-state index in [9.17, 15) is 0 Å². The minimum atomic E-state index is 0.231. The maximum absolute atomic E-state index is 5.70. The number of fused-ring (bicyclic) bond motifs is 1. The normalized spacial score (nSPS) is 18.8. The molecule has 0 radical (unpaired) electrons. The van der Waals surface area contributed by atoms with Gasteiger partial charge in [0, 0.05) is 58.2 Å². The van der Waals surface area contributed by atoms with E-state index in [4.69, 9.17) is 25.4 Å². The molecule has 0 aromatic carbocycles. The number of aromatic nitrogens is 6. The lowest BCUT2D eigenvalue weighted by Crippen LogP contribution is -2.44. The van der Waals surface area contributed by atoms with E-state index in [0.29, 0.717) is 19.0 Å². The molecule has 0 atom stereocenters. The number of anilines is 3. The van der Waals surface area contributed by atoms with Crippen LogP contribution in [0.25, 0.3) is 22.6 Å². The molecule has 2 fully saturated rings. The third-order valence-corrected chi connectivity index (χ3v) is 6.05. The van der Waals surface area contributed by atoms with Gasteiger partial charge in [0.1, 0.15) is 0 Å². The largest absolute Gasteiger partial charge is 0.378 e. The quantitative estimate of drug-likeness (QED) is 0.547. The molecule has 0 spiro atoms. The summed E-state index contributed by atoms with van der Waals surface area (Å²) in [6, 6.07) is 0. The van der Waals surface area contributed by atoms with Gasteiger partial charge in [-0.25, -0.2) is 24.9 Å². The molecule has 2 aliphatic heterocycles. The average Bonchev–Trinajstić information content (AvgIpc) is 3.60. The Morgan fingerprint density at radius 1 is 0.969 bits per heavy atom. The summed E-state index contributed by atoms with van der Waals surface area (Å²) in [6.45, 7) is 7.41. The van der Waals surface area contributed by atoms with Crippen LogP contribution in [0.15, 0.2) is 24.0 Å². The lowest BCUT2D eigenvalue weighted by Gasteiger charge is -2.28. The summed E-state index contributed by atoms with van der Waals surface area (Å²) in [6.07, 6.45) is 6.66. The fourth-order valence-electron chi connectivity index (χ4n) is 4.21.